The standard InChI is InChI=1S/C14H19F3N2O2/c1-2-3-8-21-9-7-19-13(20)10-5-4-6-11(12(10)18)14(15,16)17/h4-6H,2-3,7-9,18H2,1H3,(H,19,20). The number of nitrogens with one attached hydrogen (secondary N) is 1. The average Bonchev–Trinajstić information content (AvgIpc) is 2.41. The van der Waals surface area contributed by atoms with Crippen molar-refractivity contribution in [1.82, 2.24) is 5.32 Å². The van der Waals surface area contributed by atoms with Crippen LogP contribution >= 0.6 is 0 Å². The third kappa shape index (κ3) is 5.26. The van der Waals surface area contributed by atoms with Gasteiger partial charge in [0.1, 0.15) is 0 Å². The maximum absolute atomic E-state index is 12.7. The second-order valence-corrected chi connectivity index (χ2v) is 4.49. The van der Waals surface area contributed by atoms with Crippen LogP contribution < -0.4 is 11.1 Å². The Bertz CT molecular complexity index is 476. The molecule has 0 unspecified atom stereocenters. The smallest absolute Gasteiger partial charge is 0.398 e. The third-order valence-electron chi connectivity index (χ3n) is 2.83. The number of nitrogens with two attached hydrogens (primary N) is 1. The van der Waals surface area contributed by atoms with Crippen molar-refractivity contribution in [2.24, 2.45) is 0 Å². The van der Waals surface area contributed by atoms with Crippen LogP contribution in [0.3, 0.4) is 0 Å². The minimum Gasteiger partial charge on any atom is -0.398 e. The Balaban J connectivity index is 2.59. The Morgan fingerprint density at radius 1 is 1.33 bits per heavy atom. The molecule has 0 aromatic heterocycles. The van der Waals surface area contributed by atoms with Crippen molar-refractivity contribution in [1.29, 1.82) is 0 Å². The summed E-state index contributed by atoms with van der Waals surface area (Å²) in [6, 6.07) is 3.27. The molecular weight excluding hydrogens is 285 g/mol. The number of hydrogen-bond donors (Lipinski definition) is 2. The summed E-state index contributed by atoms with van der Waals surface area (Å²) in [5.41, 5.74) is 3.68. The predicted molar refractivity (Wildman–Crippen MR) is 73.9 cm³/mol. The van der Waals surface area contributed by atoms with Gasteiger partial charge in [-0.2, -0.15) is 13.2 Å². The van der Waals surface area contributed by atoms with Crippen molar-refractivity contribution in [2.45, 2.75) is 25.9 Å². The van der Waals surface area contributed by atoms with Gasteiger partial charge in [0.2, 0.25) is 0 Å². The van der Waals surface area contributed by atoms with Gasteiger partial charge in [0.15, 0.2) is 0 Å². The number of unbranched alkanes of at least 4 members (excludes halogenated alkanes) is 1. The Morgan fingerprint density at radius 2 is 2.05 bits per heavy atom. The number of benzene rings is 1. The summed E-state index contributed by atoms with van der Waals surface area (Å²) >= 11 is 0. The van der Waals surface area contributed by atoms with Crippen LogP contribution in [-0.2, 0) is 10.9 Å². The Morgan fingerprint density at radius 3 is 2.67 bits per heavy atom. The lowest BCUT2D eigenvalue weighted by Crippen LogP contribution is -2.28. The highest BCUT2D eigenvalue weighted by atomic mass is 19.4. The van der Waals surface area contributed by atoms with Crippen molar-refractivity contribution in [3.8, 4) is 0 Å². The molecule has 0 spiro atoms. The summed E-state index contributed by atoms with van der Waals surface area (Å²) in [6.07, 6.45) is -2.65. The van der Waals surface area contributed by atoms with E-state index in [0.717, 1.165) is 25.0 Å². The van der Waals surface area contributed by atoms with Crippen LogP contribution in [0.15, 0.2) is 18.2 Å². The van der Waals surface area contributed by atoms with Crippen LogP contribution in [0.5, 0.6) is 0 Å². The normalized spacial score (nSPS) is 11.4. The summed E-state index contributed by atoms with van der Waals surface area (Å²) in [4.78, 5) is 11.8. The first-order valence-electron chi connectivity index (χ1n) is 6.69. The van der Waals surface area contributed by atoms with Gasteiger partial charge in [0, 0.05) is 13.2 Å². The summed E-state index contributed by atoms with van der Waals surface area (Å²) in [7, 11) is 0. The first kappa shape index (κ1) is 17.3. The van der Waals surface area contributed by atoms with Crippen LogP contribution in [0.25, 0.3) is 0 Å². The minimum atomic E-state index is -4.58. The second kappa shape index (κ2) is 7.87. The Hall–Kier alpha value is -1.76. The Labute approximate surface area is 121 Å². The molecule has 0 radical (unpaired) electrons. The van der Waals surface area contributed by atoms with Gasteiger partial charge in [-0.25, -0.2) is 0 Å². The highest BCUT2D eigenvalue weighted by Crippen LogP contribution is 2.34. The maximum Gasteiger partial charge on any atom is 0.418 e. The molecule has 0 atom stereocenters. The van der Waals surface area contributed by atoms with Gasteiger partial charge in [0.05, 0.1) is 23.4 Å². The lowest BCUT2D eigenvalue weighted by atomic mass is 10.1. The van der Waals surface area contributed by atoms with E-state index in [-0.39, 0.29) is 12.1 Å². The molecular formula is C14H19F3N2O2. The molecule has 0 saturated carbocycles. The van der Waals surface area contributed by atoms with E-state index in [1.165, 1.54) is 6.07 Å². The monoisotopic (exact) mass is 304 g/mol. The van der Waals surface area contributed by atoms with Gasteiger partial charge >= 0.3 is 6.18 Å². The van der Waals surface area contributed by atoms with E-state index >= 15 is 0 Å². The molecule has 0 aliphatic heterocycles. The minimum absolute atomic E-state index is 0.182. The molecule has 1 amide bonds. The molecule has 0 heterocycles. The van der Waals surface area contributed by atoms with Crippen LogP contribution in [0.1, 0.15) is 35.7 Å². The van der Waals surface area contributed by atoms with E-state index in [1.807, 2.05) is 6.92 Å². The number of carbonyl (C=O) groups is 1. The predicted octanol–water partition coefficient (Wildman–Crippen LogP) is 2.83. The van der Waals surface area contributed by atoms with E-state index < -0.39 is 23.3 Å². The fourth-order valence-electron chi connectivity index (χ4n) is 1.69. The zero-order chi connectivity index (χ0) is 15.9. The number of carbonyl (C=O) groups excluding carboxylic acids is 1. The average molecular weight is 304 g/mol. The van der Waals surface area contributed by atoms with Crippen LogP contribution in [0, 0.1) is 0 Å². The molecule has 21 heavy (non-hydrogen) atoms. The van der Waals surface area contributed by atoms with Crippen molar-refractivity contribution < 1.29 is 22.7 Å². The highest BCUT2D eigenvalue weighted by Gasteiger charge is 2.34. The zero-order valence-corrected chi connectivity index (χ0v) is 11.8. The molecule has 118 valence electrons. The number of ether oxygens (including phenoxy) is 1. The molecule has 1 aromatic rings. The first-order chi connectivity index (χ1) is 9.88. The fraction of sp³-hybridized carbons (Fsp3) is 0.500. The summed E-state index contributed by atoms with van der Waals surface area (Å²) in [6.45, 7) is 3.16. The molecule has 1 rings (SSSR count). The van der Waals surface area contributed by atoms with Crippen molar-refractivity contribution >= 4 is 11.6 Å². The van der Waals surface area contributed by atoms with Crippen LogP contribution in [0.2, 0.25) is 0 Å². The number of anilines is 1. The van der Waals surface area contributed by atoms with E-state index in [1.54, 1.807) is 0 Å². The lowest BCUT2D eigenvalue weighted by Gasteiger charge is -2.13. The Kier molecular flexibility index (Phi) is 6.48. The number of rotatable bonds is 7. The van der Waals surface area contributed by atoms with Gasteiger partial charge in [-0.3, -0.25) is 4.79 Å². The quantitative estimate of drug-likeness (QED) is 0.601. The molecule has 0 bridgehead atoms. The van der Waals surface area contributed by atoms with Crippen molar-refractivity contribution in [3.63, 3.8) is 0 Å². The SMILES string of the molecule is CCCCOCCNC(=O)c1cccc(C(F)(F)F)c1N. The number of hydrogen-bond acceptors (Lipinski definition) is 3. The zero-order valence-electron chi connectivity index (χ0n) is 11.8. The first-order valence-corrected chi connectivity index (χ1v) is 6.69. The van der Waals surface area contributed by atoms with Gasteiger partial charge < -0.3 is 15.8 Å². The molecule has 7 heteroatoms. The molecule has 0 saturated heterocycles. The van der Waals surface area contributed by atoms with Crippen molar-refractivity contribution in [3.05, 3.63) is 29.3 Å². The molecule has 0 fully saturated rings. The van der Waals surface area contributed by atoms with E-state index in [0.29, 0.717) is 13.2 Å². The molecule has 0 aliphatic rings. The third-order valence-corrected chi connectivity index (χ3v) is 2.83. The van der Waals surface area contributed by atoms with E-state index in [9.17, 15) is 18.0 Å². The molecule has 3 N–H and O–H groups in total. The largest absolute Gasteiger partial charge is 0.418 e. The number of nitrogen functional groups attached to an aromatic ring is 1. The maximum atomic E-state index is 12.7. The molecule has 1 aromatic carbocycles. The van der Waals surface area contributed by atoms with Crippen LogP contribution in [-0.4, -0.2) is 25.7 Å². The summed E-state index contributed by atoms with van der Waals surface area (Å²) < 4.78 is 43.3. The van der Waals surface area contributed by atoms with Crippen molar-refractivity contribution in [2.75, 3.05) is 25.5 Å². The number of alkyl halides is 3. The van der Waals surface area contributed by atoms with Gasteiger partial charge in [-0.05, 0) is 18.6 Å². The molecule has 0 aliphatic carbocycles. The summed E-state index contributed by atoms with van der Waals surface area (Å²) in [5.74, 6) is -0.641. The lowest BCUT2D eigenvalue weighted by molar-refractivity contribution is -0.136. The number of amides is 1. The highest BCUT2D eigenvalue weighted by molar-refractivity contribution is 5.99. The fourth-order valence-corrected chi connectivity index (χ4v) is 1.69. The van der Waals surface area contributed by atoms with Gasteiger partial charge in [-0.1, -0.05) is 19.4 Å². The van der Waals surface area contributed by atoms with E-state index in [2.05, 4.69) is 5.32 Å². The number of para-hydroxylation sites is 1. The number of halogens is 3. The molecule has 4 nitrogen and oxygen atoms in total. The van der Waals surface area contributed by atoms with Gasteiger partial charge in [0.25, 0.3) is 5.91 Å². The summed E-state index contributed by atoms with van der Waals surface area (Å²) in [5, 5.41) is 2.48. The van der Waals surface area contributed by atoms with Gasteiger partial charge in [-0.15, -0.1) is 0 Å². The topological polar surface area (TPSA) is 64.3 Å². The van der Waals surface area contributed by atoms with Crippen LogP contribution in [0.4, 0.5) is 18.9 Å². The second-order valence-electron chi connectivity index (χ2n) is 4.49. The van der Waals surface area contributed by atoms with E-state index in [4.69, 9.17) is 10.5 Å².